The Morgan fingerprint density at radius 3 is 1.61 bits per heavy atom. The molecule has 3 aromatic heterocycles. The summed E-state index contributed by atoms with van der Waals surface area (Å²) in [6.07, 6.45) is 6.57. The van der Waals surface area contributed by atoms with Gasteiger partial charge < -0.3 is 20.3 Å². The number of aliphatic hydroxyl groups is 3. The van der Waals surface area contributed by atoms with Gasteiger partial charge in [0.05, 0.1) is 34.0 Å². The number of carbonyl (C=O) groups is 3. The number of carbonyl (C=O) groups excluding carboxylic acids is 3. The standard InChI is InChI=1S/C29H19N2.C17H14N.C17H12.C16H10N3.C9H16O2.2C5H8O2.3Ir/c1-19-18-30-28-24-14-12-22(20-8-4-2-5-9-20)16-26(24)27-17-23(21-10-6-3-7-11-21)13-15-25(27)29(28)31-19;1-12-9-13(2)11-15(10-12)17-8-7-14-5-3-4-6-16(14)18-17;1-3-7-15-12(5-1)9-10-14-11-13-6-2-4-8-16(13)17(14)15;1-2-8-13-12(6-1)7-5-11-16(13)19-17-14-9-3-4-10-15(14)18-19;1-6(2)8(10)5-9(11)7(3)4;2*1-4(6)3-5(2)7;;;/h2-13,15-18H,1H3;3-10H,1-2H3;1-10H,11H2;1-10H;5-7,10H,1-4H3;2*3,6H,1-2H3;;;/q2*-1;;-1;;;;;;. The number of rotatable bonds is 9. The van der Waals surface area contributed by atoms with Gasteiger partial charge in [-0.25, -0.2) is 0 Å². The maximum Gasteiger partial charge on any atom is 0.161 e. The van der Waals surface area contributed by atoms with E-state index in [1.807, 2.05) is 120 Å². The van der Waals surface area contributed by atoms with Gasteiger partial charge in [0.15, 0.2) is 17.3 Å². The van der Waals surface area contributed by atoms with Gasteiger partial charge in [-0.1, -0.05) is 264 Å². The molecule has 0 saturated heterocycles. The van der Waals surface area contributed by atoms with Crippen molar-refractivity contribution in [1.29, 1.82) is 0 Å². The first-order valence-corrected chi connectivity index (χ1v) is 36.6. The van der Waals surface area contributed by atoms with E-state index in [1.165, 1.54) is 112 Å². The van der Waals surface area contributed by atoms with Gasteiger partial charge in [0, 0.05) is 102 Å². The van der Waals surface area contributed by atoms with Crippen LogP contribution in [0.5, 0.6) is 0 Å². The zero-order chi connectivity index (χ0) is 78.0. The Morgan fingerprint density at radius 1 is 0.460 bits per heavy atom. The molecule has 15 heteroatoms. The number of aryl methyl sites for hydroxylation is 3. The monoisotopic (exact) mass is 2020 g/mol. The van der Waals surface area contributed by atoms with Crippen molar-refractivity contribution in [2.75, 3.05) is 0 Å². The van der Waals surface area contributed by atoms with Gasteiger partial charge in [-0.05, 0) is 126 Å². The Kier molecular flexibility index (Phi) is 31.8. The van der Waals surface area contributed by atoms with E-state index in [9.17, 15) is 19.5 Å². The van der Waals surface area contributed by atoms with E-state index < -0.39 is 0 Å². The number of allylic oxidation sites excluding steroid dienone is 6. The Hall–Kier alpha value is -11.4. The maximum atomic E-state index is 11.0. The third-order valence-corrected chi connectivity index (χ3v) is 18.0. The average molecular weight is 2020 g/mol. The zero-order valence-electron chi connectivity index (χ0n) is 64.7. The molecule has 1 aliphatic carbocycles. The molecule has 1 aliphatic rings. The summed E-state index contributed by atoms with van der Waals surface area (Å²) in [4.78, 5) is 47.0. The van der Waals surface area contributed by atoms with Crippen molar-refractivity contribution in [3.8, 4) is 50.3 Å². The van der Waals surface area contributed by atoms with E-state index in [1.54, 1.807) is 4.80 Å². The molecule has 12 nitrogen and oxygen atoms in total. The van der Waals surface area contributed by atoms with Crippen molar-refractivity contribution in [1.82, 2.24) is 29.9 Å². The molecule has 0 amide bonds. The SMILES string of the molecule is CC(=O)C=C(C)O.CC(=O)C=C(C)O.CC(C)C(=O)C=C(O)C(C)C.Cc1[c-]c(-c2ccc3ccccc3n2)cc(C)c1.Cc1cnc2c3[c-]cc(-c4ccccc4)cc3c3cc(-c4ccccc4)ccc3c2n1.[Ir].[Ir].[Ir].[c-]1ccc2ccccc2c1-n1nc2ccccc2n1.c1ccc2c(c1)Cc1ccc3ccccc3c1-2. The van der Waals surface area contributed by atoms with Crippen molar-refractivity contribution in [2.24, 2.45) is 11.8 Å². The first-order chi connectivity index (χ1) is 53.0. The first-order valence-electron chi connectivity index (χ1n) is 36.6. The first kappa shape index (κ1) is 87.2. The normalized spacial score (nSPS) is 11.2. The third kappa shape index (κ3) is 22.9. The minimum Gasteiger partial charge on any atom is -0.512 e. The summed E-state index contributed by atoms with van der Waals surface area (Å²) in [7, 11) is 0. The van der Waals surface area contributed by atoms with Gasteiger partial charge in [-0.3, -0.25) is 24.4 Å². The Labute approximate surface area is 701 Å². The molecular formula is C98H87Ir3N6O6-3. The second-order valence-electron chi connectivity index (χ2n) is 27.6. The van der Waals surface area contributed by atoms with Crippen molar-refractivity contribution >= 4 is 93.4 Å². The summed E-state index contributed by atoms with van der Waals surface area (Å²) in [6, 6.07) is 101. The number of aliphatic hydroxyl groups excluding tert-OH is 3. The van der Waals surface area contributed by atoms with Crippen LogP contribution < -0.4 is 0 Å². The van der Waals surface area contributed by atoms with E-state index in [-0.39, 0.29) is 107 Å². The number of pyridine rings is 1. The van der Waals surface area contributed by atoms with Gasteiger partial charge in [-0.2, -0.15) is 33.2 Å². The molecule has 0 atom stereocenters. The molecule has 3 radical (unpaired) electrons. The number of nitrogens with zero attached hydrogens (tertiary/aromatic N) is 6. The number of hydrogen-bond donors (Lipinski definition) is 3. The van der Waals surface area contributed by atoms with Gasteiger partial charge in [0.2, 0.25) is 0 Å². The molecule has 0 fully saturated rings. The molecule has 17 rings (SSSR count). The summed E-state index contributed by atoms with van der Waals surface area (Å²) >= 11 is 0. The largest absolute Gasteiger partial charge is 0.512 e. The summed E-state index contributed by atoms with van der Waals surface area (Å²) < 4.78 is 0. The van der Waals surface area contributed by atoms with E-state index >= 15 is 0 Å². The maximum absolute atomic E-state index is 11.0. The molecule has 3 heterocycles. The topological polar surface area (TPSA) is 181 Å². The quantitative estimate of drug-likeness (QED) is 0.0541. The summed E-state index contributed by atoms with van der Waals surface area (Å²) in [5, 5.41) is 45.6. The summed E-state index contributed by atoms with van der Waals surface area (Å²) in [5.41, 5.74) is 21.4. The fraction of sp³-hybridized carbons (Fsp3) is 0.143. The second kappa shape index (κ2) is 41.2. The van der Waals surface area contributed by atoms with Crippen molar-refractivity contribution in [2.45, 2.75) is 82.6 Å². The van der Waals surface area contributed by atoms with Crippen LogP contribution in [0.1, 0.15) is 83.3 Å². The van der Waals surface area contributed by atoms with Crippen LogP contribution in [0.15, 0.2) is 303 Å². The number of aromatic nitrogens is 6. The third-order valence-electron chi connectivity index (χ3n) is 18.0. The second-order valence-corrected chi connectivity index (χ2v) is 27.6. The molecule has 3 N–H and O–H groups in total. The smallest absolute Gasteiger partial charge is 0.161 e. The molecule has 13 aromatic carbocycles. The van der Waals surface area contributed by atoms with E-state index in [2.05, 4.69) is 224 Å². The van der Waals surface area contributed by atoms with Crippen LogP contribution in [0, 0.1) is 50.8 Å². The molecule has 113 heavy (non-hydrogen) atoms. The summed E-state index contributed by atoms with van der Waals surface area (Å²) in [6.45, 7) is 19.2. The number of benzene rings is 13. The fourth-order valence-electron chi connectivity index (χ4n) is 12.8. The van der Waals surface area contributed by atoms with E-state index in [4.69, 9.17) is 25.2 Å². The minimum atomic E-state index is -0.125. The molecule has 575 valence electrons. The average Bonchev–Trinajstić information content (AvgIpc) is 1.45. The van der Waals surface area contributed by atoms with Gasteiger partial charge >= 0.3 is 0 Å². The van der Waals surface area contributed by atoms with Gasteiger partial charge in [0.25, 0.3) is 0 Å². The van der Waals surface area contributed by atoms with Crippen molar-refractivity contribution in [3.05, 3.63) is 349 Å². The molecule has 0 bridgehead atoms. The fourth-order valence-corrected chi connectivity index (χ4v) is 12.8. The van der Waals surface area contributed by atoms with Crippen LogP contribution in [0.4, 0.5) is 0 Å². The Balaban J connectivity index is 0.000000174. The Morgan fingerprint density at radius 2 is 1.01 bits per heavy atom. The van der Waals surface area contributed by atoms with Crippen molar-refractivity contribution < 1.29 is 90.0 Å². The van der Waals surface area contributed by atoms with Crippen LogP contribution in [0.25, 0.3) is 126 Å². The molecule has 0 spiro atoms. The number of fused-ring (bicyclic) bond motifs is 14. The van der Waals surface area contributed by atoms with Crippen LogP contribution in [0.3, 0.4) is 0 Å². The van der Waals surface area contributed by atoms with Gasteiger partial charge in [-0.15, -0.1) is 75.3 Å². The van der Waals surface area contributed by atoms with E-state index in [0.29, 0.717) is 0 Å². The van der Waals surface area contributed by atoms with Crippen LogP contribution in [-0.4, -0.2) is 62.6 Å². The minimum absolute atomic E-state index is 0. The van der Waals surface area contributed by atoms with Crippen LogP contribution >= 0.6 is 0 Å². The summed E-state index contributed by atoms with van der Waals surface area (Å²) in [5.74, 6) is 0.0356. The van der Waals surface area contributed by atoms with Crippen LogP contribution in [0.2, 0.25) is 0 Å². The number of ketones is 3. The molecular weight excluding hydrogens is 1930 g/mol. The number of hydrogen-bond acceptors (Lipinski definition) is 11. The zero-order valence-corrected chi connectivity index (χ0v) is 71.9. The molecule has 16 aromatic rings. The Bertz CT molecular complexity index is 6020. The predicted octanol–water partition coefficient (Wildman–Crippen LogP) is 23.9. The van der Waals surface area contributed by atoms with Crippen molar-refractivity contribution in [3.63, 3.8) is 0 Å². The number of para-hydroxylation sites is 1. The molecule has 0 unspecified atom stereocenters. The van der Waals surface area contributed by atoms with E-state index in [0.717, 1.165) is 94.7 Å². The van der Waals surface area contributed by atoms with Crippen LogP contribution in [-0.2, 0) is 81.1 Å². The molecule has 0 aliphatic heterocycles. The molecule has 0 saturated carbocycles. The predicted molar refractivity (Wildman–Crippen MR) is 451 cm³/mol. The van der Waals surface area contributed by atoms with Gasteiger partial charge in [0.1, 0.15) is 11.0 Å².